The second kappa shape index (κ2) is 13.4. The molecule has 0 aliphatic carbocycles. The number of piperidine rings is 2. The fraction of sp³-hybridized carbons (Fsp3) is 0.889. The highest BCUT2D eigenvalue weighted by Crippen LogP contribution is 2.16. The van der Waals surface area contributed by atoms with Crippen LogP contribution in [0.5, 0.6) is 0 Å². The van der Waals surface area contributed by atoms with Gasteiger partial charge in [0.2, 0.25) is 0 Å². The molecule has 0 atom stereocenters. The molecule has 158 valence electrons. The third-order valence-corrected chi connectivity index (χ3v) is 5.37. The SMILES string of the molecule is CN=C(NCC1CCN(CCOC)CC1)NC1CCN(C(=O)OC)CC1.I. The van der Waals surface area contributed by atoms with Crippen molar-refractivity contribution in [3.05, 3.63) is 0 Å². The number of carbonyl (C=O) groups excluding carboxylic acids is 1. The van der Waals surface area contributed by atoms with E-state index in [9.17, 15) is 4.79 Å². The fourth-order valence-electron chi connectivity index (χ4n) is 3.60. The van der Waals surface area contributed by atoms with Gasteiger partial charge in [-0.25, -0.2) is 4.79 Å². The zero-order chi connectivity index (χ0) is 18.8. The highest BCUT2D eigenvalue weighted by molar-refractivity contribution is 14.0. The number of amides is 1. The predicted octanol–water partition coefficient (Wildman–Crippen LogP) is 1.36. The summed E-state index contributed by atoms with van der Waals surface area (Å²) in [5.41, 5.74) is 0. The lowest BCUT2D eigenvalue weighted by Crippen LogP contribution is -2.50. The Bertz CT molecular complexity index is 450. The van der Waals surface area contributed by atoms with E-state index >= 15 is 0 Å². The first-order valence-electron chi connectivity index (χ1n) is 9.67. The van der Waals surface area contributed by atoms with Gasteiger partial charge in [0, 0.05) is 46.4 Å². The lowest BCUT2D eigenvalue weighted by atomic mass is 9.97. The van der Waals surface area contributed by atoms with Gasteiger partial charge in [0.05, 0.1) is 13.7 Å². The van der Waals surface area contributed by atoms with E-state index in [1.165, 1.54) is 20.0 Å². The summed E-state index contributed by atoms with van der Waals surface area (Å²) in [4.78, 5) is 20.1. The average molecular weight is 497 g/mol. The number of hydrogen-bond donors (Lipinski definition) is 2. The zero-order valence-electron chi connectivity index (χ0n) is 16.9. The van der Waals surface area contributed by atoms with Gasteiger partial charge in [0.1, 0.15) is 0 Å². The van der Waals surface area contributed by atoms with Gasteiger partial charge < -0.3 is 29.9 Å². The number of nitrogens with one attached hydrogen (secondary N) is 2. The maximum atomic E-state index is 11.5. The number of carbonyl (C=O) groups is 1. The van der Waals surface area contributed by atoms with E-state index < -0.39 is 0 Å². The van der Waals surface area contributed by atoms with Crippen molar-refractivity contribution in [3.63, 3.8) is 0 Å². The molecule has 0 aromatic carbocycles. The van der Waals surface area contributed by atoms with Gasteiger partial charge in [0.15, 0.2) is 5.96 Å². The first-order valence-corrected chi connectivity index (χ1v) is 9.67. The number of guanidine groups is 1. The van der Waals surface area contributed by atoms with Crippen molar-refractivity contribution in [3.8, 4) is 0 Å². The van der Waals surface area contributed by atoms with Crippen LogP contribution in [0.3, 0.4) is 0 Å². The smallest absolute Gasteiger partial charge is 0.409 e. The van der Waals surface area contributed by atoms with Crippen LogP contribution in [0.2, 0.25) is 0 Å². The lowest BCUT2D eigenvalue weighted by Gasteiger charge is -2.33. The Morgan fingerprint density at radius 2 is 1.78 bits per heavy atom. The van der Waals surface area contributed by atoms with Crippen molar-refractivity contribution >= 4 is 36.0 Å². The van der Waals surface area contributed by atoms with E-state index in [-0.39, 0.29) is 30.1 Å². The van der Waals surface area contributed by atoms with Crippen LogP contribution in [0.25, 0.3) is 0 Å². The Labute approximate surface area is 180 Å². The zero-order valence-corrected chi connectivity index (χ0v) is 19.2. The van der Waals surface area contributed by atoms with Gasteiger partial charge in [-0.1, -0.05) is 0 Å². The second-order valence-electron chi connectivity index (χ2n) is 7.11. The minimum Gasteiger partial charge on any atom is -0.453 e. The van der Waals surface area contributed by atoms with Gasteiger partial charge in [-0.15, -0.1) is 24.0 Å². The highest BCUT2D eigenvalue weighted by Gasteiger charge is 2.24. The Morgan fingerprint density at radius 3 is 2.33 bits per heavy atom. The Morgan fingerprint density at radius 1 is 1.11 bits per heavy atom. The summed E-state index contributed by atoms with van der Waals surface area (Å²) in [5, 5.41) is 6.97. The van der Waals surface area contributed by atoms with E-state index in [1.807, 2.05) is 7.05 Å². The number of likely N-dealkylation sites (tertiary alicyclic amines) is 2. The van der Waals surface area contributed by atoms with Gasteiger partial charge in [0.25, 0.3) is 0 Å². The number of aliphatic imine (C=N–C) groups is 1. The number of halogens is 1. The Balaban J connectivity index is 0.00000364. The van der Waals surface area contributed by atoms with Crippen LogP contribution in [-0.4, -0.2) is 95.0 Å². The van der Waals surface area contributed by atoms with Crippen LogP contribution in [0.4, 0.5) is 4.79 Å². The summed E-state index contributed by atoms with van der Waals surface area (Å²) >= 11 is 0. The number of nitrogens with zero attached hydrogens (tertiary/aromatic N) is 3. The molecule has 0 spiro atoms. The molecule has 2 heterocycles. The van der Waals surface area contributed by atoms with Gasteiger partial charge >= 0.3 is 6.09 Å². The predicted molar refractivity (Wildman–Crippen MR) is 118 cm³/mol. The van der Waals surface area contributed by atoms with Crippen molar-refractivity contribution in [1.82, 2.24) is 20.4 Å². The number of rotatable bonds is 6. The fourth-order valence-corrected chi connectivity index (χ4v) is 3.60. The monoisotopic (exact) mass is 497 g/mol. The summed E-state index contributed by atoms with van der Waals surface area (Å²) in [6.07, 6.45) is 4.01. The molecule has 2 aliphatic rings. The van der Waals surface area contributed by atoms with Crippen LogP contribution < -0.4 is 10.6 Å². The molecule has 8 nitrogen and oxygen atoms in total. The quantitative estimate of drug-likeness (QED) is 0.328. The van der Waals surface area contributed by atoms with Crippen molar-refractivity contribution in [1.29, 1.82) is 0 Å². The largest absolute Gasteiger partial charge is 0.453 e. The van der Waals surface area contributed by atoms with Gasteiger partial charge in [-0.05, 0) is 44.7 Å². The van der Waals surface area contributed by atoms with Gasteiger partial charge in [-0.2, -0.15) is 0 Å². The van der Waals surface area contributed by atoms with Crippen LogP contribution in [0.15, 0.2) is 4.99 Å². The van der Waals surface area contributed by atoms with Crippen molar-refractivity contribution in [2.75, 3.05) is 67.1 Å². The molecule has 0 radical (unpaired) electrons. The van der Waals surface area contributed by atoms with E-state index in [1.54, 1.807) is 12.0 Å². The van der Waals surface area contributed by atoms with E-state index in [2.05, 4.69) is 20.5 Å². The molecule has 0 saturated carbocycles. The number of hydrogen-bond acceptors (Lipinski definition) is 5. The third-order valence-electron chi connectivity index (χ3n) is 5.37. The standard InChI is InChI=1S/C18H35N5O3.HI/c1-19-17(21-16-6-10-23(11-7-16)18(24)26-3)20-14-15-4-8-22(9-5-15)12-13-25-2;/h15-16H,4-14H2,1-3H3,(H2,19,20,21);1H. The van der Waals surface area contributed by atoms with E-state index in [0.29, 0.717) is 12.0 Å². The molecule has 2 aliphatic heterocycles. The lowest BCUT2D eigenvalue weighted by molar-refractivity contribution is 0.111. The summed E-state index contributed by atoms with van der Waals surface area (Å²) in [7, 11) is 5.00. The summed E-state index contributed by atoms with van der Waals surface area (Å²) in [6.45, 7) is 6.54. The average Bonchev–Trinajstić information content (AvgIpc) is 2.70. The molecule has 2 fully saturated rings. The Kier molecular flexibility index (Phi) is 12.0. The third kappa shape index (κ3) is 8.39. The van der Waals surface area contributed by atoms with Crippen LogP contribution >= 0.6 is 24.0 Å². The topological polar surface area (TPSA) is 78.4 Å². The maximum absolute atomic E-state index is 11.5. The van der Waals surface area contributed by atoms with Crippen LogP contribution in [-0.2, 0) is 9.47 Å². The molecule has 0 aromatic rings. The Hall–Kier alpha value is -0.810. The minimum absolute atomic E-state index is 0. The normalized spacial score (nSPS) is 20.1. The van der Waals surface area contributed by atoms with E-state index in [0.717, 1.165) is 64.7 Å². The van der Waals surface area contributed by atoms with Crippen molar-refractivity contribution in [2.24, 2.45) is 10.9 Å². The summed E-state index contributed by atoms with van der Waals surface area (Å²) < 4.78 is 9.94. The molecule has 0 aromatic heterocycles. The molecule has 0 bridgehead atoms. The van der Waals surface area contributed by atoms with Crippen LogP contribution in [0, 0.1) is 5.92 Å². The second-order valence-corrected chi connectivity index (χ2v) is 7.11. The minimum atomic E-state index is -0.234. The summed E-state index contributed by atoms with van der Waals surface area (Å²) in [5.74, 6) is 1.55. The van der Waals surface area contributed by atoms with E-state index in [4.69, 9.17) is 9.47 Å². The van der Waals surface area contributed by atoms with Crippen molar-refractivity contribution in [2.45, 2.75) is 31.7 Å². The first-order chi connectivity index (χ1) is 12.7. The van der Waals surface area contributed by atoms with Gasteiger partial charge in [-0.3, -0.25) is 4.99 Å². The molecule has 0 unspecified atom stereocenters. The molecule has 9 heteroatoms. The number of ether oxygens (including phenoxy) is 2. The molecule has 1 amide bonds. The highest BCUT2D eigenvalue weighted by atomic mass is 127. The first kappa shape index (κ1) is 24.2. The molecule has 2 rings (SSSR count). The van der Waals surface area contributed by atoms with Crippen LogP contribution in [0.1, 0.15) is 25.7 Å². The molecular weight excluding hydrogens is 461 g/mol. The summed E-state index contributed by atoms with van der Waals surface area (Å²) in [6, 6.07) is 0.345. The maximum Gasteiger partial charge on any atom is 0.409 e. The molecular formula is C18H36IN5O3. The number of methoxy groups -OCH3 is 2. The van der Waals surface area contributed by atoms with Crippen molar-refractivity contribution < 1.29 is 14.3 Å². The molecule has 2 N–H and O–H groups in total. The molecule has 27 heavy (non-hydrogen) atoms. The molecule has 2 saturated heterocycles.